The molecule has 1 saturated heterocycles. The second-order valence-corrected chi connectivity index (χ2v) is 6.12. The van der Waals surface area contributed by atoms with Gasteiger partial charge in [-0.15, -0.1) is 0 Å². The Morgan fingerprint density at radius 2 is 1.84 bits per heavy atom. The number of quaternary nitrogens is 1. The minimum absolute atomic E-state index is 0.812. The highest BCUT2D eigenvalue weighted by molar-refractivity contribution is 5.13. The Labute approximate surface area is 118 Å². The van der Waals surface area contributed by atoms with Crippen LogP contribution < -0.4 is 0 Å². The molecule has 1 unspecified atom stereocenters. The number of hydrogen-bond acceptors (Lipinski definition) is 1. The van der Waals surface area contributed by atoms with Gasteiger partial charge in [0.05, 0.1) is 19.8 Å². The molecule has 1 aromatic carbocycles. The first-order chi connectivity index (χ1) is 9.24. The molecule has 0 spiro atoms. The standard InChI is InChI=1S/C17H28NO/c1-3-7-16(2)14-18(10-12-19-13-11-18)15-17-8-5-4-6-9-17/h4-6,8-9,16H,3,7,10-15H2,1-2H3/q+1. The molecule has 0 aliphatic carbocycles. The van der Waals surface area contributed by atoms with E-state index < -0.39 is 0 Å². The molecule has 2 nitrogen and oxygen atoms in total. The van der Waals surface area contributed by atoms with Crippen molar-refractivity contribution in [2.75, 3.05) is 32.8 Å². The van der Waals surface area contributed by atoms with E-state index in [0.29, 0.717) is 0 Å². The summed E-state index contributed by atoms with van der Waals surface area (Å²) in [6, 6.07) is 10.9. The van der Waals surface area contributed by atoms with Crippen LogP contribution >= 0.6 is 0 Å². The number of nitrogens with zero attached hydrogens (tertiary/aromatic N) is 1. The Morgan fingerprint density at radius 1 is 1.16 bits per heavy atom. The fourth-order valence-electron chi connectivity index (χ4n) is 3.35. The molecule has 1 heterocycles. The summed E-state index contributed by atoms with van der Waals surface area (Å²) in [5.41, 5.74) is 1.47. The summed E-state index contributed by atoms with van der Waals surface area (Å²) in [6.07, 6.45) is 2.64. The maximum atomic E-state index is 5.59. The fourth-order valence-corrected chi connectivity index (χ4v) is 3.35. The molecule has 1 aliphatic heterocycles. The van der Waals surface area contributed by atoms with Crippen molar-refractivity contribution in [3.8, 4) is 0 Å². The van der Waals surface area contributed by atoms with Crippen LogP contribution in [0.25, 0.3) is 0 Å². The van der Waals surface area contributed by atoms with E-state index in [0.717, 1.165) is 25.7 Å². The first kappa shape index (κ1) is 14.5. The van der Waals surface area contributed by atoms with Crippen molar-refractivity contribution in [1.29, 1.82) is 0 Å². The van der Waals surface area contributed by atoms with E-state index in [1.54, 1.807) is 0 Å². The maximum absolute atomic E-state index is 5.59. The third-order valence-electron chi connectivity index (χ3n) is 4.26. The zero-order chi connectivity index (χ0) is 13.6. The van der Waals surface area contributed by atoms with Gasteiger partial charge in [-0.05, 0) is 6.42 Å². The van der Waals surface area contributed by atoms with E-state index >= 15 is 0 Å². The van der Waals surface area contributed by atoms with Gasteiger partial charge in [0.25, 0.3) is 0 Å². The lowest BCUT2D eigenvalue weighted by Gasteiger charge is -2.43. The predicted octanol–water partition coefficient (Wildman–Crippen LogP) is 3.47. The highest BCUT2D eigenvalue weighted by Gasteiger charge is 2.32. The van der Waals surface area contributed by atoms with Crippen LogP contribution in [0.4, 0.5) is 0 Å². The molecular formula is C17H28NO+. The fraction of sp³-hybridized carbons (Fsp3) is 0.647. The van der Waals surface area contributed by atoms with Gasteiger partial charge in [0.2, 0.25) is 0 Å². The maximum Gasteiger partial charge on any atom is 0.104 e. The van der Waals surface area contributed by atoms with E-state index in [9.17, 15) is 0 Å². The quantitative estimate of drug-likeness (QED) is 0.713. The third-order valence-corrected chi connectivity index (χ3v) is 4.26. The molecular weight excluding hydrogens is 234 g/mol. The third kappa shape index (κ3) is 4.32. The Kier molecular flexibility index (Phi) is 5.41. The molecule has 0 amide bonds. The highest BCUT2D eigenvalue weighted by Crippen LogP contribution is 2.22. The second kappa shape index (κ2) is 7.06. The van der Waals surface area contributed by atoms with Crippen LogP contribution in [0.2, 0.25) is 0 Å². The molecule has 1 aromatic rings. The Balaban J connectivity index is 2.05. The number of morpholine rings is 1. The second-order valence-electron chi connectivity index (χ2n) is 6.12. The van der Waals surface area contributed by atoms with Crippen LogP contribution in [0.1, 0.15) is 32.3 Å². The Morgan fingerprint density at radius 3 is 2.47 bits per heavy atom. The minimum Gasteiger partial charge on any atom is -0.370 e. The van der Waals surface area contributed by atoms with Gasteiger partial charge in [0.1, 0.15) is 19.6 Å². The zero-order valence-corrected chi connectivity index (χ0v) is 12.5. The van der Waals surface area contributed by atoms with Crippen LogP contribution in [-0.4, -0.2) is 37.3 Å². The van der Waals surface area contributed by atoms with Gasteiger partial charge in [0, 0.05) is 11.5 Å². The van der Waals surface area contributed by atoms with E-state index in [-0.39, 0.29) is 0 Å². The lowest BCUT2D eigenvalue weighted by molar-refractivity contribution is -0.950. The van der Waals surface area contributed by atoms with Crippen molar-refractivity contribution in [2.24, 2.45) is 5.92 Å². The SMILES string of the molecule is CCCC(C)C[N+]1(Cc2ccccc2)CCOCC1. The van der Waals surface area contributed by atoms with Gasteiger partial charge >= 0.3 is 0 Å². The average molecular weight is 262 g/mol. The number of benzene rings is 1. The molecule has 1 atom stereocenters. The normalized spacial score (nSPS) is 20.1. The zero-order valence-electron chi connectivity index (χ0n) is 12.5. The average Bonchev–Trinajstić information content (AvgIpc) is 2.40. The van der Waals surface area contributed by atoms with Crippen LogP contribution in [0.5, 0.6) is 0 Å². The summed E-state index contributed by atoms with van der Waals surface area (Å²) >= 11 is 0. The predicted molar refractivity (Wildman–Crippen MR) is 79.9 cm³/mol. The lowest BCUT2D eigenvalue weighted by atomic mass is 10.0. The first-order valence-electron chi connectivity index (χ1n) is 7.71. The largest absolute Gasteiger partial charge is 0.370 e. The van der Waals surface area contributed by atoms with Gasteiger partial charge < -0.3 is 9.22 Å². The van der Waals surface area contributed by atoms with Crippen LogP contribution in [0.15, 0.2) is 30.3 Å². The molecule has 0 aromatic heterocycles. The van der Waals surface area contributed by atoms with E-state index in [2.05, 4.69) is 44.2 Å². The van der Waals surface area contributed by atoms with Crippen LogP contribution in [0, 0.1) is 5.92 Å². The molecule has 2 rings (SSSR count). The molecule has 0 radical (unpaired) electrons. The van der Waals surface area contributed by atoms with Gasteiger partial charge in [-0.2, -0.15) is 0 Å². The van der Waals surface area contributed by atoms with Crippen molar-refractivity contribution >= 4 is 0 Å². The number of hydrogen-bond donors (Lipinski definition) is 0. The summed E-state index contributed by atoms with van der Waals surface area (Å²) in [6.45, 7) is 11.3. The van der Waals surface area contributed by atoms with E-state index in [4.69, 9.17) is 4.74 Å². The summed E-state index contributed by atoms with van der Waals surface area (Å²) in [4.78, 5) is 0. The summed E-state index contributed by atoms with van der Waals surface area (Å²) in [5.74, 6) is 0.812. The van der Waals surface area contributed by atoms with Crippen molar-refractivity contribution < 1.29 is 9.22 Å². The van der Waals surface area contributed by atoms with Crippen LogP contribution in [-0.2, 0) is 11.3 Å². The van der Waals surface area contributed by atoms with E-state index in [1.165, 1.54) is 42.5 Å². The molecule has 0 saturated carbocycles. The molecule has 106 valence electrons. The molecule has 2 heteroatoms. The molecule has 1 aliphatic rings. The van der Waals surface area contributed by atoms with Crippen LogP contribution in [0.3, 0.4) is 0 Å². The van der Waals surface area contributed by atoms with Crippen molar-refractivity contribution in [3.05, 3.63) is 35.9 Å². The van der Waals surface area contributed by atoms with Gasteiger partial charge in [-0.25, -0.2) is 0 Å². The van der Waals surface area contributed by atoms with Gasteiger partial charge in [-0.1, -0.05) is 50.6 Å². The number of ether oxygens (including phenoxy) is 1. The smallest absolute Gasteiger partial charge is 0.104 e. The van der Waals surface area contributed by atoms with Crippen molar-refractivity contribution in [3.63, 3.8) is 0 Å². The highest BCUT2D eigenvalue weighted by atomic mass is 16.5. The lowest BCUT2D eigenvalue weighted by Crippen LogP contribution is -2.56. The first-order valence-corrected chi connectivity index (χ1v) is 7.71. The summed E-state index contributed by atoms with van der Waals surface area (Å²) in [5, 5.41) is 0. The molecule has 1 fully saturated rings. The monoisotopic (exact) mass is 262 g/mol. The Hall–Kier alpha value is -0.860. The van der Waals surface area contributed by atoms with Gasteiger partial charge in [-0.3, -0.25) is 0 Å². The molecule has 19 heavy (non-hydrogen) atoms. The summed E-state index contributed by atoms with van der Waals surface area (Å²) < 4.78 is 6.80. The molecule has 0 bridgehead atoms. The molecule has 0 N–H and O–H groups in total. The van der Waals surface area contributed by atoms with Crippen molar-refractivity contribution in [1.82, 2.24) is 0 Å². The topological polar surface area (TPSA) is 9.23 Å². The van der Waals surface area contributed by atoms with Gasteiger partial charge in [0.15, 0.2) is 0 Å². The van der Waals surface area contributed by atoms with E-state index in [1.807, 2.05) is 0 Å². The number of rotatable bonds is 6. The minimum atomic E-state index is 0.812. The summed E-state index contributed by atoms with van der Waals surface area (Å²) in [7, 11) is 0. The Bertz CT molecular complexity index is 357. The van der Waals surface area contributed by atoms with Crippen molar-refractivity contribution in [2.45, 2.75) is 33.2 Å².